The largest absolute Gasteiger partial charge is 0.425 e. The molecule has 2 aliphatic heterocycles. The smallest absolute Gasteiger partial charge is 0.379 e. The summed E-state index contributed by atoms with van der Waals surface area (Å²) in [5.74, 6) is -1.31. The fraction of sp³-hybridized carbons (Fsp3) is 0.400. The highest BCUT2D eigenvalue weighted by Crippen LogP contribution is 2.52. The van der Waals surface area contributed by atoms with Crippen molar-refractivity contribution in [1.29, 1.82) is 0 Å². The molecule has 30 nitrogen and oxygen atoms in total. The van der Waals surface area contributed by atoms with Crippen LogP contribution in [0, 0.1) is 0 Å². The molecular weight excluding hydrogens is 1410 g/mol. The summed E-state index contributed by atoms with van der Waals surface area (Å²) >= 11 is 0.736. The van der Waals surface area contributed by atoms with Gasteiger partial charge in [0.15, 0.2) is 5.71 Å². The highest BCUT2D eigenvalue weighted by atomic mass is 32.3. The molecule has 2 aromatic heterocycles. The number of rotatable bonds is 33. The lowest BCUT2D eigenvalue weighted by Gasteiger charge is -2.27. The molecule has 0 spiro atoms. The number of fused-ring (bicyclic) bond motifs is 6. The minimum absolute atomic E-state index is 0.0342. The number of benzene rings is 4. The van der Waals surface area contributed by atoms with Crippen LogP contribution >= 0.6 is 11.3 Å². The second-order valence-electron chi connectivity index (χ2n) is 23.0. The Kier molecular flexibility index (Phi) is 25.7. The maximum Gasteiger partial charge on any atom is 0.425 e. The van der Waals surface area contributed by atoms with Gasteiger partial charge in [0.05, 0.1) is 91.5 Å². The molecule has 0 saturated heterocycles. The molecule has 7 N–H and O–H groups in total. The number of hydrogen-bond donors (Lipinski definition) is 6. The molecule has 6 aromatic rings. The van der Waals surface area contributed by atoms with Crippen molar-refractivity contribution in [3.05, 3.63) is 130 Å². The van der Waals surface area contributed by atoms with Crippen LogP contribution in [-0.4, -0.2) is 188 Å². The maximum atomic E-state index is 13.5. The first-order valence-corrected chi connectivity index (χ1v) is 38.9. The number of hydrogen-bond acceptors (Lipinski definition) is 24. The number of anilines is 1. The third kappa shape index (κ3) is 20.3. The standard InChI is InChI=1S/C60H71N7O20S6.O3S/c1-6-7-23-66-49-17-11-39-9-14-43(91(75,76)77)35-46(39)55(49)59(2,3)52(66)19-12-40(13-20-53-60(4,5)56-47-36-44(92(78,79)80)37-51(93(81,82)83)45(47)15-18-50(56)67(53)24-8-33-89(70,71)72)48-16-10-41(38-63-48)57(69)62-22-26-85-28-30-87-32-31-86-29-27-84-25-21-42(68)34-54-64-65-58(88-54)90(61,73)74;1-4(2)3/h9-20,35-38H,6-8,21-34H2,1-5H3,(H6-,61,62,69,70,71,72,73,74,75,76,77,78,79,80,81,82,83);/p+1. The fourth-order valence-electron chi connectivity index (χ4n) is 11.2. The van der Waals surface area contributed by atoms with Gasteiger partial charge in [0, 0.05) is 77.6 Å². The van der Waals surface area contributed by atoms with E-state index in [0.29, 0.717) is 46.2 Å². The van der Waals surface area contributed by atoms with Gasteiger partial charge in [-0.05, 0) is 103 Å². The zero-order valence-electron chi connectivity index (χ0n) is 53.0. The van der Waals surface area contributed by atoms with Crippen LogP contribution < -0.4 is 15.4 Å². The topological polar surface area (TPSA) is 457 Å². The van der Waals surface area contributed by atoms with E-state index in [1.54, 1.807) is 55.2 Å². The van der Waals surface area contributed by atoms with Gasteiger partial charge in [0.2, 0.25) is 10.0 Å². The molecule has 37 heteroatoms. The predicted molar refractivity (Wildman–Crippen MR) is 356 cm³/mol. The first-order chi connectivity index (χ1) is 45.3. The van der Waals surface area contributed by atoms with Crippen LogP contribution in [0.4, 0.5) is 11.4 Å². The van der Waals surface area contributed by atoms with E-state index < -0.39 is 93.4 Å². The lowest BCUT2D eigenvalue weighted by atomic mass is 9.79. The quantitative estimate of drug-likeness (QED) is 0.0130. The number of sulfonamides is 1. The van der Waals surface area contributed by atoms with Gasteiger partial charge in [-0.2, -0.15) is 38.2 Å². The molecular formula is C60H72N7O23S7+. The molecule has 8 rings (SSSR count). The number of carbonyl (C=O) groups is 2. The average Bonchev–Trinajstić information content (AvgIpc) is 1.61. The Hall–Kier alpha value is -7.05. The molecule has 4 heterocycles. The lowest BCUT2D eigenvalue weighted by Crippen LogP contribution is -2.28. The first kappa shape index (κ1) is 77.3. The summed E-state index contributed by atoms with van der Waals surface area (Å²) in [6.45, 7) is 12.0. The van der Waals surface area contributed by atoms with E-state index in [4.69, 9.17) is 41.7 Å². The highest BCUT2D eigenvalue weighted by molar-refractivity contribution is 7.91. The highest BCUT2D eigenvalue weighted by Gasteiger charge is 2.46. The van der Waals surface area contributed by atoms with Gasteiger partial charge in [-0.3, -0.25) is 32.8 Å². The molecule has 0 bridgehead atoms. The maximum absolute atomic E-state index is 13.5. The Labute approximate surface area is 566 Å². The minimum atomic E-state index is -5.09. The number of Topliss-reactive ketones (excluding diaryl/α,β-unsaturated/α-hetero) is 1. The van der Waals surface area contributed by atoms with E-state index in [1.165, 1.54) is 24.4 Å². The number of nitrogens with one attached hydrogen (secondary N) is 1. The van der Waals surface area contributed by atoms with Gasteiger partial charge < -0.3 is 29.2 Å². The van der Waals surface area contributed by atoms with Crippen LogP contribution in [-0.2, 0) is 102 Å². The molecule has 0 unspecified atom stereocenters. The summed E-state index contributed by atoms with van der Waals surface area (Å²) in [5, 5.41) is 16.5. The number of pyridine rings is 1. The minimum Gasteiger partial charge on any atom is -0.379 e. The van der Waals surface area contributed by atoms with Gasteiger partial charge in [0.1, 0.15) is 22.2 Å². The Morgan fingerprint density at radius 2 is 1.33 bits per heavy atom. The van der Waals surface area contributed by atoms with Crippen LogP contribution in [0.1, 0.15) is 92.5 Å². The Bertz CT molecular complexity index is 4820. The number of nitrogens with two attached hydrogens (primary N) is 1. The van der Waals surface area contributed by atoms with Gasteiger partial charge in [-0.1, -0.05) is 56.7 Å². The lowest BCUT2D eigenvalue weighted by molar-refractivity contribution is -0.438. The van der Waals surface area contributed by atoms with Crippen LogP contribution in [0.3, 0.4) is 0 Å². The number of aromatic nitrogens is 3. The molecule has 0 atom stereocenters. The van der Waals surface area contributed by atoms with Crippen LogP contribution in [0.15, 0.2) is 122 Å². The van der Waals surface area contributed by atoms with Gasteiger partial charge in [-0.25, -0.2) is 13.6 Å². The van der Waals surface area contributed by atoms with E-state index >= 15 is 0 Å². The molecule has 0 saturated carbocycles. The monoisotopic (exact) mass is 1480 g/mol. The van der Waals surface area contributed by atoms with Crippen LogP contribution in [0.2, 0.25) is 0 Å². The first-order valence-electron chi connectivity index (χ1n) is 29.6. The van der Waals surface area contributed by atoms with E-state index in [-0.39, 0.29) is 122 Å². The van der Waals surface area contributed by atoms with Crippen LogP contribution in [0.5, 0.6) is 0 Å². The molecule has 0 radical (unpaired) electrons. The molecule has 0 fully saturated rings. The Balaban J connectivity index is 0.00000322. The van der Waals surface area contributed by atoms with Crippen molar-refractivity contribution in [3.63, 3.8) is 0 Å². The van der Waals surface area contributed by atoms with E-state index in [9.17, 15) is 69.9 Å². The molecule has 4 aromatic carbocycles. The summed E-state index contributed by atoms with van der Waals surface area (Å²) in [4.78, 5) is 30.3. The normalized spacial score (nSPS) is 15.3. The predicted octanol–water partition coefficient (Wildman–Crippen LogP) is 5.40. The van der Waals surface area contributed by atoms with Crippen LogP contribution in [0.25, 0.3) is 27.1 Å². The molecule has 1 amide bonds. The van der Waals surface area contributed by atoms with Crippen molar-refractivity contribution in [3.8, 4) is 0 Å². The number of nitrogens with zero attached hydrogens (tertiary/aromatic N) is 5. The van der Waals surface area contributed by atoms with Crippen molar-refractivity contribution >= 4 is 128 Å². The number of amides is 1. The summed E-state index contributed by atoms with van der Waals surface area (Å²) in [6.07, 6.45) is 10.1. The summed E-state index contributed by atoms with van der Waals surface area (Å²) in [6, 6.07) is 16.1. The SMILES string of the molecule is CCCC[N+]1=C(/C=C/C(=C/C=C2/N(CCCS(=O)(=O)O)c3ccc4c(S(=O)(=O)O)cc(S(=O)(=O)O)cc4c3C2(C)C)c2ccc(C(=O)NCCOCCOCCOCCOCCC(=O)Cc3nnc(S(N)(=O)=O)s3)cn2)C(C)(C)c2c1ccc1ccc(S(=O)(=O)O)cc21.O=S(=O)=O. The number of ketones is 1. The van der Waals surface area contributed by atoms with Crippen molar-refractivity contribution in [2.75, 3.05) is 83.1 Å². The number of carbonyl (C=O) groups excluding carboxylic acids is 2. The summed E-state index contributed by atoms with van der Waals surface area (Å²) in [7, 11) is -26.3. The van der Waals surface area contributed by atoms with Crippen molar-refractivity contribution in [2.45, 2.75) is 96.6 Å². The number of ether oxygens (including phenoxy) is 4. The second-order valence-corrected chi connectivity index (χ2v) is 32.0. The summed E-state index contributed by atoms with van der Waals surface area (Å²) < 4.78 is 213. The summed E-state index contributed by atoms with van der Waals surface area (Å²) in [5.41, 5.74) is 2.71. The fourth-order valence-corrected chi connectivity index (χ4v) is 15.0. The van der Waals surface area contributed by atoms with Crippen molar-refractivity contribution in [2.24, 2.45) is 5.14 Å². The van der Waals surface area contributed by atoms with Gasteiger partial charge in [-0.15, -0.1) is 22.8 Å². The number of primary sulfonamides is 1. The zero-order valence-corrected chi connectivity index (χ0v) is 58.7. The third-order valence-electron chi connectivity index (χ3n) is 15.5. The van der Waals surface area contributed by atoms with E-state index in [0.717, 1.165) is 52.6 Å². The number of unbranched alkanes of at least 4 members (excludes halogenated alkanes) is 1. The van der Waals surface area contributed by atoms with Crippen molar-refractivity contribution < 1.29 is 106 Å². The Morgan fingerprint density at radius 1 is 0.711 bits per heavy atom. The van der Waals surface area contributed by atoms with E-state index in [1.807, 2.05) is 38.1 Å². The molecule has 2 aliphatic rings. The Morgan fingerprint density at radius 3 is 1.91 bits per heavy atom. The van der Waals surface area contributed by atoms with Crippen molar-refractivity contribution in [1.82, 2.24) is 20.5 Å². The van der Waals surface area contributed by atoms with Gasteiger partial charge >= 0.3 is 10.6 Å². The zero-order chi connectivity index (χ0) is 71.5. The average molecular weight is 1480 g/mol. The molecule has 97 heavy (non-hydrogen) atoms. The molecule has 526 valence electrons. The molecule has 0 aliphatic carbocycles. The van der Waals surface area contributed by atoms with E-state index in [2.05, 4.69) is 27.0 Å². The van der Waals surface area contributed by atoms with Gasteiger partial charge in [0.25, 0.3) is 56.4 Å². The third-order valence-corrected chi connectivity index (χ3v) is 21.1. The second kappa shape index (κ2) is 32.3. The number of allylic oxidation sites excluding steroid dienone is 6.